The Morgan fingerprint density at radius 2 is 2.05 bits per heavy atom. The van der Waals surface area contributed by atoms with Crippen LogP contribution in [0.4, 0.5) is 0 Å². The van der Waals surface area contributed by atoms with Crippen molar-refractivity contribution >= 4 is 11.0 Å². The second-order valence-corrected chi connectivity index (χ2v) is 4.91. The van der Waals surface area contributed by atoms with Crippen LogP contribution in [0.2, 0.25) is 0 Å². The number of rotatable bonds is 3. The predicted molar refractivity (Wildman–Crippen MR) is 76.4 cm³/mol. The molecular formula is C14H16N6. The maximum atomic E-state index is 5.82. The second kappa shape index (κ2) is 4.97. The highest BCUT2D eigenvalue weighted by Gasteiger charge is 2.13. The molecule has 0 radical (unpaired) electrons. The Labute approximate surface area is 116 Å². The van der Waals surface area contributed by atoms with Crippen molar-refractivity contribution < 1.29 is 0 Å². The van der Waals surface area contributed by atoms with E-state index in [0.29, 0.717) is 6.54 Å². The molecule has 0 unspecified atom stereocenters. The van der Waals surface area contributed by atoms with Gasteiger partial charge in [0.05, 0.1) is 17.4 Å². The molecule has 6 heteroatoms. The van der Waals surface area contributed by atoms with Crippen molar-refractivity contribution in [2.75, 3.05) is 0 Å². The lowest BCUT2D eigenvalue weighted by Gasteiger charge is -2.10. The molecule has 102 valence electrons. The lowest BCUT2D eigenvalue weighted by atomic mass is 10.2. The summed E-state index contributed by atoms with van der Waals surface area (Å²) >= 11 is 0. The third-order valence-corrected chi connectivity index (χ3v) is 3.15. The van der Waals surface area contributed by atoms with Crippen molar-refractivity contribution in [1.29, 1.82) is 0 Å². The van der Waals surface area contributed by atoms with E-state index in [1.807, 2.05) is 24.3 Å². The summed E-state index contributed by atoms with van der Waals surface area (Å²) in [5.74, 6) is 1.06. The SMILES string of the molecule is CC(C)c1ncc(-n2nnc3ccccc32)c(CN)n1. The normalized spacial score (nSPS) is 11.4. The van der Waals surface area contributed by atoms with Crippen LogP contribution in [0.25, 0.3) is 16.7 Å². The van der Waals surface area contributed by atoms with E-state index in [1.165, 1.54) is 0 Å². The van der Waals surface area contributed by atoms with Gasteiger partial charge in [-0.15, -0.1) is 5.10 Å². The van der Waals surface area contributed by atoms with Crippen LogP contribution >= 0.6 is 0 Å². The van der Waals surface area contributed by atoms with E-state index >= 15 is 0 Å². The molecule has 0 aliphatic carbocycles. The van der Waals surface area contributed by atoms with Crippen molar-refractivity contribution in [2.24, 2.45) is 5.73 Å². The Hall–Kier alpha value is -2.34. The van der Waals surface area contributed by atoms with Crippen LogP contribution < -0.4 is 5.73 Å². The standard InChI is InChI=1S/C14H16N6/c1-9(2)14-16-8-13(11(7-15)17-14)20-12-6-4-3-5-10(12)18-19-20/h3-6,8-9H,7,15H2,1-2H3. The van der Waals surface area contributed by atoms with Gasteiger partial charge in [0.1, 0.15) is 17.0 Å². The largest absolute Gasteiger partial charge is 0.325 e. The van der Waals surface area contributed by atoms with Gasteiger partial charge < -0.3 is 5.73 Å². The molecule has 0 fully saturated rings. The zero-order chi connectivity index (χ0) is 14.1. The Morgan fingerprint density at radius 3 is 2.80 bits per heavy atom. The molecule has 0 bridgehead atoms. The third kappa shape index (κ3) is 2.04. The molecule has 0 spiro atoms. The molecule has 0 atom stereocenters. The molecule has 2 aromatic heterocycles. The summed E-state index contributed by atoms with van der Waals surface area (Å²) in [7, 11) is 0. The molecule has 1 aromatic carbocycles. The molecule has 3 aromatic rings. The van der Waals surface area contributed by atoms with Gasteiger partial charge in [0, 0.05) is 12.5 Å². The Balaban J connectivity index is 2.19. The van der Waals surface area contributed by atoms with Crippen molar-refractivity contribution in [2.45, 2.75) is 26.3 Å². The van der Waals surface area contributed by atoms with Gasteiger partial charge in [0.15, 0.2) is 0 Å². The third-order valence-electron chi connectivity index (χ3n) is 3.15. The van der Waals surface area contributed by atoms with E-state index in [1.54, 1.807) is 10.9 Å². The van der Waals surface area contributed by atoms with Crippen molar-refractivity contribution in [3.8, 4) is 5.69 Å². The van der Waals surface area contributed by atoms with E-state index in [2.05, 4.69) is 34.1 Å². The Kier molecular flexibility index (Phi) is 3.15. The monoisotopic (exact) mass is 268 g/mol. The first kappa shape index (κ1) is 12.7. The second-order valence-electron chi connectivity index (χ2n) is 4.91. The molecule has 0 aliphatic rings. The van der Waals surface area contributed by atoms with Gasteiger partial charge in [0.25, 0.3) is 0 Å². The van der Waals surface area contributed by atoms with E-state index in [-0.39, 0.29) is 5.92 Å². The van der Waals surface area contributed by atoms with Crippen LogP contribution in [0.1, 0.15) is 31.3 Å². The van der Waals surface area contributed by atoms with Crippen molar-refractivity contribution in [1.82, 2.24) is 25.0 Å². The number of benzene rings is 1. The van der Waals surface area contributed by atoms with Gasteiger partial charge in [-0.25, -0.2) is 14.6 Å². The van der Waals surface area contributed by atoms with Crippen molar-refractivity contribution in [3.05, 3.63) is 42.0 Å². The van der Waals surface area contributed by atoms with Gasteiger partial charge in [-0.3, -0.25) is 0 Å². The maximum Gasteiger partial charge on any atom is 0.131 e. The highest BCUT2D eigenvalue weighted by atomic mass is 15.4. The topological polar surface area (TPSA) is 82.5 Å². The smallest absolute Gasteiger partial charge is 0.131 e. The summed E-state index contributed by atoms with van der Waals surface area (Å²) in [6, 6.07) is 7.77. The van der Waals surface area contributed by atoms with Gasteiger partial charge in [0.2, 0.25) is 0 Å². The van der Waals surface area contributed by atoms with Gasteiger partial charge in [-0.2, -0.15) is 0 Å². The van der Waals surface area contributed by atoms with Crippen molar-refractivity contribution in [3.63, 3.8) is 0 Å². The maximum absolute atomic E-state index is 5.82. The summed E-state index contributed by atoms with van der Waals surface area (Å²) in [5.41, 5.74) is 9.13. The minimum Gasteiger partial charge on any atom is -0.325 e. The highest BCUT2D eigenvalue weighted by molar-refractivity contribution is 5.75. The number of hydrogen-bond donors (Lipinski definition) is 1. The zero-order valence-corrected chi connectivity index (χ0v) is 11.5. The molecule has 0 amide bonds. The number of nitrogens with two attached hydrogens (primary N) is 1. The summed E-state index contributed by atoms with van der Waals surface area (Å²) in [6.45, 7) is 4.45. The lowest BCUT2D eigenvalue weighted by Crippen LogP contribution is -2.12. The number of para-hydroxylation sites is 1. The fourth-order valence-electron chi connectivity index (χ4n) is 2.08. The summed E-state index contributed by atoms with van der Waals surface area (Å²) in [6.07, 6.45) is 1.77. The summed E-state index contributed by atoms with van der Waals surface area (Å²) < 4.78 is 1.74. The van der Waals surface area contributed by atoms with E-state index in [0.717, 1.165) is 28.2 Å². The minimum absolute atomic E-state index is 0.266. The highest BCUT2D eigenvalue weighted by Crippen LogP contribution is 2.19. The van der Waals surface area contributed by atoms with E-state index in [4.69, 9.17) is 5.73 Å². The van der Waals surface area contributed by atoms with Crippen LogP contribution in [-0.4, -0.2) is 25.0 Å². The molecule has 3 rings (SSSR count). The van der Waals surface area contributed by atoms with Crippen LogP contribution in [-0.2, 0) is 6.54 Å². The van der Waals surface area contributed by atoms with Crippen LogP contribution in [0, 0.1) is 0 Å². The minimum atomic E-state index is 0.266. The van der Waals surface area contributed by atoms with Crippen LogP contribution in [0.3, 0.4) is 0 Å². The van der Waals surface area contributed by atoms with Crippen LogP contribution in [0.15, 0.2) is 30.5 Å². The number of aromatic nitrogens is 5. The van der Waals surface area contributed by atoms with E-state index in [9.17, 15) is 0 Å². The fourth-order valence-corrected chi connectivity index (χ4v) is 2.08. The molecule has 6 nitrogen and oxygen atoms in total. The molecule has 0 saturated carbocycles. The molecule has 0 aliphatic heterocycles. The molecule has 2 N–H and O–H groups in total. The average molecular weight is 268 g/mol. The summed E-state index contributed by atoms with van der Waals surface area (Å²) in [4.78, 5) is 8.92. The molecular weight excluding hydrogens is 252 g/mol. The Bertz CT molecular complexity index is 746. The average Bonchev–Trinajstić information content (AvgIpc) is 2.90. The first-order valence-electron chi connectivity index (χ1n) is 6.57. The first-order valence-corrected chi connectivity index (χ1v) is 6.57. The molecule has 0 saturated heterocycles. The van der Waals surface area contributed by atoms with Gasteiger partial charge in [-0.05, 0) is 12.1 Å². The molecule has 20 heavy (non-hydrogen) atoms. The number of hydrogen-bond acceptors (Lipinski definition) is 5. The Morgan fingerprint density at radius 1 is 1.25 bits per heavy atom. The summed E-state index contributed by atoms with van der Waals surface area (Å²) in [5, 5.41) is 8.32. The predicted octanol–water partition coefficient (Wildman–Crippen LogP) is 1.79. The number of nitrogens with zero attached hydrogens (tertiary/aromatic N) is 5. The number of fused-ring (bicyclic) bond motifs is 1. The quantitative estimate of drug-likeness (QED) is 0.783. The zero-order valence-electron chi connectivity index (χ0n) is 11.5. The van der Waals surface area contributed by atoms with E-state index < -0.39 is 0 Å². The van der Waals surface area contributed by atoms with Gasteiger partial charge >= 0.3 is 0 Å². The molecule has 2 heterocycles. The van der Waals surface area contributed by atoms with Crippen LogP contribution in [0.5, 0.6) is 0 Å². The van der Waals surface area contributed by atoms with Gasteiger partial charge in [-0.1, -0.05) is 31.2 Å². The lowest BCUT2D eigenvalue weighted by molar-refractivity contribution is 0.732. The fraction of sp³-hybridized carbons (Fsp3) is 0.286. The first-order chi connectivity index (χ1) is 9.70.